The van der Waals surface area contributed by atoms with Gasteiger partial charge in [0, 0.05) is 30.5 Å². The maximum Gasteiger partial charge on any atom is 0.289 e. The molecule has 0 radical (unpaired) electrons. The predicted octanol–water partition coefficient (Wildman–Crippen LogP) is 4.22. The number of thioether (sulfide) groups is 1. The molecule has 214 valence electrons. The van der Waals surface area contributed by atoms with Crippen molar-refractivity contribution in [3.05, 3.63) is 48.6 Å². The Bertz CT molecular complexity index is 1070. The van der Waals surface area contributed by atoms with Crippen LogP contribution in [0.1, 0.15) is 59.9 Å². The molecule has 0 aromatic heterocycles. The van der Waals surface area contributed by atoms with Gasteiger partial charge in [0.1, 0.15) is 6.04 Å². The van der Waals surface area contributed by atoms with Crippen LogP contribution in [0.2, 0.25) is 0 Å². The summed E-state index contributed by atoms with van der Waals surface area (Å²) in [6, 6.07) is 8.45. The lowest BCUT2D eigenvalue weighted by Crippen LogP contribution is -2.56. The van der Waals surface area contributed by atoms with Gasteiger partial charge in [0.25, 0.3) is 5.91 Å². The van der Waals surface area contributed by atoms with Crippen LogP contribution in [0.25, 0.3) is 0 Å². The van der Waals surface area contributed by atoms with Crippen LogP contribution >= 0.6 is 11.8 Å². The normalized spacial score (nSPS) is 22.8. The number of rotatable bonds is 13. The average molecular weight is 556 g/mol. The highest BCUT2D eigenvalue weighted by atomic mass is 32.2. The van der Waals surface area contributed by atoms with E-state index in [1.807, 2.05) is 45.9 Å². The molecule has 0 spiro atoms. The Hall–Kier alpha value is -2.61. The standard InChI is InChI=1S/C31H45N3O4S/c1-8-9-15-23(26(35)28(37)32-16-17-39-19-21-13-11-10-12-14-21)33-27(36)25-24-22(31(24,6)7)18-34(25)29(38)20(2)30(3,4)5/h8,10-14,20,22-25H,1,9,15-19H2,2-7H3,(H,32,37)(H,33,36)/t20-,22+,23+,24+,25+/m1/s1. The summed E-state index contributed by atoms with van der Waals surface area (Å²) in [5, 5.41) is 5.56. The monoisotopic (exact) mass is 555 g/mol. The molecule has 1 aromatic carbocycles. The quantitative estimate of drug-likeness (QED) is 0.216. The summed E-state index contributed by atoms with van der Waals surface area (Å²) in [4.78, 5) is 54.7. The molecule has 8 heteroatoms. The van der Waals surface area contributed by atoms with Crippen LogP contribution < -0.4 is 10.6 Å². The molecule has 2 fully saturated rings. The summed E-state index contributed by atoms with van der Waals surface area (Å²) in [5.41, 5.74) is 0.925. The van der Waals surface area contributed by atoms with Crippen LogP contribution in [0.3, 0.4) is 0 Å². The van der Waals surface area contributed by atoms with Gasteiger partial charge in [-0.1, -0.05) is 78.0 Å². The lowest BCUT2D eigenvalue weighted by molar-refractivity contribution is -0.146. The first-order chi connectivity index (χ1) is 18.3. The molecule has 1 saturated heterocycles. The molecule has 1 aliphatic heterocycles. The number of nitrogens with one attached hydrogen (secondary N) is 2. The van der Waals surface area contributed by atoms with Crippen molar-refractivity contribution in [3.63, 3.8) is 0 Å². The number of ketones is 1. The number of benzene rings is 1. The van der Waals surface area contributed by atoms with Crippen LogP contribution in [0, 0.1) is 28.6 Å². The van der Waals surface area contributed by atoms with Crippen LogP contribution in [-0.4, -0.2) is 59.3 Å². The van der Waals surface area contributed by atoms with E-state index in [0.29, 0.717) is 25.3 Å². The zero-order valence-electron chi connectivity index (χ0n) is 24.3. The second-order valence-electron chi connectivity index (χ2n) is 12.6. The maximum absolute atomic E-state index is 13.7. The Kier molecular flexibility index (Phi) is 10.1. The SMILES string of the molecule is C=CCC[C@H](NC(=O)[C@@H]1[C@@H]2[C@H](CN1C(=O)[C@@H](C)C(C)(C)C)C2(C)C)C(=O)C(=O)NCCSCc1ccccc1. The van der Waals surface area contributed by atoms with Crippen molar-refractivity contribution in [1.82, 2.24) is 15.5 Å². The number of hydrogen-bond acceptors (Lipinski definition) is 5. The molecule has 3 rings (SSSR count). The molecule has 0 unspecified atom stereocenters. The van der Waals surface area contributed by atoms with E-state index in [1.54, 1.807) is 22.7 Å². The molecule has 2 aliphatic rings. The number of fused-ring (bicyclic) bond motifs is 1. The average Bonchev–Trinajstić information content (AvgIpc) is 3.22. The number of likely N-dealkylation sites (tertiary alicyclic amines) is 1. The maximum atomic E-state index is 13.7. The second-order valence-corrected chi connectivity index (χ2v) is 13.7. The first kappa shape index (κ1) is 30.9. The van der Waals surface area contributed by atoms with Crippen molar-refractivity contribution in [2.45, 2.75) is 72.2 Å². The molecule has 1 saturated carbocycles. The summed E-state index contributed by atoms with van der Waals surface area (Å²) in [6.45, 7) is 16.9. The molecule has 1 aliphatic carbocycles. The van der Waals surface area contributed by atoms with Gasteiger partial charge in [0.2, 0.25) is 17.6 Å². The lowest BCUT2D eigenvalue weighted by atomic mass is 9.81. The number of allylic oxidation sites excluding steroid dienone is 1. The summed E-state index contributed by atoms with van der Waals surface area (Å²) in [6.07, 6.45) is 2.42. The fraction of sp³-hybridized carbons (Fsp3) is 0.613. The van der Waals surface area contributed by atoms with Crippen molar-refractivity contribution >= 4 is 35.3 Å². The molecule has 1 aromatic rings. The second kappa shape index (κ2) is 12.7. The molecule has 7 nitrogen and oxygen atoms in total. The van der Waals surface area contributed by atoms with E-state index in [-0.39, 0.29) is 46.8 Å². The minimum atomic E-state index is -0.967. The topological polar surface area (TPSA) is 95.6 Å². The van der Waals surface area contributed by atoms with E-state index in [1.165, 1.54) is 5.56 Å². The van der Waals surface area contributed by atoms with Crippen molar-refractivity contribution in [1.29, 1.82) is 0 Å². The fourth-order valence-electron chi connectivity index (χ4n) is 5.49. The summed E-state index contributed by atoms with van der Waals surface area (Å²) in [5.74, 6) is -0.216. The highest BCUT2D eigenvalue weighted by Gasteiger charge is 2.69. The van der Waals surface area contributed by atoms with Crippen LogP contribution in [-0.2, 0) is 24.9 Å². The van der Waals surface area contributed by atoms with Crippen molar-refractivity contribution in [2.75, 3.05) is 18.8 Å². The zero-order valence-corrected chi connectivity index (χ0v) is 25.1. The van der Waals surface area contributed by atoms with E-state index in [4.69, 9.17) is 0 Å². The molecule has 0 bridgehead atoms. The Morgan fingerprint density at radius 1 is 1.18 bits per heavy atom. The Morgan fingerprint density at radius 3 is 2.46 bits per heavy atom. The van der Waals surface area contributed by atoms with Crippen LogP contribution in [0.5, 0.6) is 0 Å². The van der Waals surface area contributed by atoms with Gasteiger partial charge in [-0.3, -0.25) is 19.2 Å². The smallest absolute Gasteiger partial charge is 0.289 e. The molecule has 39 heavy (non-hydrogen) atoms. The van der Waals surface area contributed by atoms with Gasteiger partial charge in [0.15, 0.2) is 0 Å². The summed E-state index contributed by atoms with van der Waals surface area (Å²) in [7, 11) is 0. The molecular formula is C31H45N3O4S. The van der Waals surface area contributed by atoms with E-state index in [9.17, 15) is 19.2 Å². The minimum absolute atomic E-state index is 0.0367. The third-order valence-corrected chi connectivity index (χ3v) is 9.62. The van der Waals surface area contributed by atoms with Crippen molar-refractivity contribution in [3.8, 4) is 0 Å². The van der Waals surface area contributed by atoms with E-state index < -0.39 is 23.8 Å². The van der Waals surface area contributed by atoms with Gasteiger partial charge >= 0.3 is 0 Å². The predicted molar refractivity (Wildman–Crippen MR) is 157 cm³/mol. The molecule has 2 N–H and O–H groups in total. The number of carbonyl (C=O) groups is 4. The third kappa shape index (κ3) is 7.33. The molecule has 5 atom stereocenters. The van der Waals surface area contributed by atoms with E-state index in [0.717, 1.165) is 5.75 Å². The van der Waals surface area contributed by atoms with Gasteiger partial charge in [-0.05, 0) is 41.1 Å². The highest BCUT2D eigenvalue weighted by molar-refractivity contribution is 7.98. The summed E-state index contributed by atoms with van der Waals surface area (Å²) < 4.78 is 0. The number of nitrogens with zero attached hydrogens (tertiary/aromatic N) is 1. The zero-order chi connectivity index (χ0) is 29.0. The Balaban J connectivity index is 1.62. The number of piperidine rings is 1. The molecule has 3 amide bonds. The number of hydrogen-bond donors (Lipinski definition) is 2. The molecular weight excluding hydrogens is 510 g/mol. The van der Waals surface area contributed by atoms with E-state index in [2.05, 4.69) is 43.2 Å². The number of amides is 3. The van der Waals surface area contributed by atoms with Crippen molar-refractivity contribution in [2.24, 2.45) is 28.6 Å². The Labute approximate surface area is 237 Å². The highest BCUT2D eigenvalue weighted by Crippen LogP contribution is 2.65. The first-order valence-corrected chi connectivity index (χ1v) is 15.1. The van der Waals surface area contributed by atoms with Gasteiger partial charge < -0.3 is 15.5 Å². The lowest BCUT2D eigenvalue weighted by Gasteiger charge is -2.36. The van der Waals surface area contributed by atoms with Gasteiger partial charge in [-0.15, -0.1) is 6.58 Å². The van der Waals surface area contributed by atoms with Gasteiger partial charge in [0.05, 0.1) is 6.04 Å². The first-order valence-electron chi connectivity index (χ1n) is 14.0. The third-order valence-electron chi connectivity index (χ3n) is 8.59. The van der Waals surface area contributed by atoms with Crippen LogP contribution in [0.15, 0.2) is 43.0 Å². The fourth-order valence-corrected chi connectivity index (χ4v) is 6.31. The number of carbonyl (C=O) groups excluding carboxylic acids is 4. The molecule has 1 heterocycles. The van der Waals surface area contributed by atoms with E-state index >= 15 is 0 Å². The van der Waals surface area contributed by atoms with Gasteiger partial charge in [-0.2, -0.15) is 11.8 Å². The summed E-state index contributed by atoms with van der Waals surface area (Å²) >= 11 is 1.67. The Morgan fingerprint density at radius 2 is 1.85 bits per heavy atom. The largest absolute Gasteiger partial charge is 0.349 e. The van der Waals surface area contributed by atoms with Gasteiger partial charge in [-0.25, -0.2) is 0 Å². The number of Topliss-reactive ketones (excluding diaryl/α,β-unsaturated/α-hetero) is 1. The van der Waals surface area contributed by atoms with Crippen LogP contribution in [0.4, 0.5) is 0 Å². The minimum Gasteiger partial charge on any atom is -0.349 e. The van der Waals surface area contributed by atoms with Crippen molar-refractivity contribution < 1.29 is 19.2 Å².